The van der Waals surface area contributed by atoms with E-state index < -0.39 is 42.0 Å². The Morgan fingerprint density at radius 2 is 1.61 bits per heavy atom. The van der Waals surface area contributed by atoms with Crippen molar-refractivity contribution in [2.45, 2.75) is 78.2 Å². The molecule has 0 radical (unpaired) electrons. The minimum Gasteiger partial charge on any atom is -0.444 e. The van der Waals surface area contributed by atoms with Crippen LogP contribution in [0.3, 0.4) is 0 Å². The molecule has 2 heterocycles. The fourth-order valence-corrected chi connectivity index (χ4v) is 2.27. The maximum absolute atomic E-state index is 12.2. The minimum atomic E-state index is -0.818. The van der Waals surface area contributed by atoms with Gasteiger partial charge in [0.15, 0.2) is 0 Å². The van der Waals surface area contributed by atoms with E-state index in [-0.39, 0.29) is 5.95 Å². The lowest BCUT2D eigenvalue weighted by atomic mass is 9.81. The summed E-state index contributed by atoms with van der Waals surface area (Å²) in [6.45, 7) is 14.6. The molecule has 1 fully saturated rings. The summed E-state index contributed by atoms with van der Waals surface area (Å²) in [6, 6.07) is -0.818. The van der Waals surface area contributed by atoms with Crippen LogP contribution in [0.4, 0.5) is 10.7 Å². The molecule has 1 unspecified atom stereocenters. The highest BCUT2D eigenvalue weighted by Crippen LogP contribution is 2.36. The van der Waals surface area contributed by atoms with Crippen LogP contribution < -0.4 is 16.1 Å². The molecule has 1 aromatic heterocycles. The van der Waals surface area contributed by atoms with Crippen molar-refractivity contribution in [3.05, 3.63) is 12.4 Å². The fraction of sp³-hybridized carbons (Fsp3) is 0.667. The third-order valence-corrected chi connectivity index (χ3v) is 4.56. The number of amides is 2. The summed E-state index contributed by atoms with van der Waals surface area (Å²) in [5.41, 5.74) is -0.926. The average molecular weight is 392 g/mol. The zero-order chi connectivity index (χ0) is 21.3. The molecule has 1 aliphatic heterocycles. The molecule has 154 valence electrons. The standard InChI is InChI=1S/C18H29BN4O5/c1-11(22-15(25)26-16(2,3)4)13(24)23-14-20-9-12(10-21-14)19-27-17(5,6)18(7,8)28-19/h9-11H,1-8H3,(H,22,25)(H,20,21,23,24). The van der Waals surface area contributed by atoms with Gasteiger partial charge in [0.05, 0.1) is 11.2 Å². The molecule has 0 saturated carbocycles. The van der Waals surface area contributed by atoms with Gasteiger partial charge in [0.25, 0.3) is 0 Å². The van der Waals surface area contributed by atoms with Crippen molar-refractivity contribution in [2.24, 2.45) is 0 Å². The minimum absolute atomic E-state index is 0.114. The lowest BCUT2D eigenvalue weighted by molar-refractivity contribution is -0.117. The second kappa shape index (κ2) is 7.67. The van der Waals surface area contributed by atoms with Crippen LogP contribution in [0.15, 0.2) is 12.4 Å². The number of hydrogen-bond donors (Lipinski definition) is 2. The van der Waals surface area contributed by atoms with Crippen molar-refractivity contribution in [3.63, 3.8) is 0 Å². The van der Waals surface area contributed by atoms with Crippen LogP contribution in [-0.4, -0.2) is 51.9 Å². The fourth-order valence-electron chi connectivity index (χ4n) is 2.27. The Balaban J connectivity index is 1.94. The van der Waals surface area contributed by atoms with Gasteiger partial charge in [0.1, 0.15) is 11.6 Å². The third kappa shape index (κ3) is 5.42. The van der Waals surface area contributed by atoms with Gasteiger partial charge in [-0.3, -0.25) is 10.1 Å². The second-order valence-electron chi connectivity index (χ2n) is 8.79. The monoisotopic (exact) mass is 392 g/mol. The summed E-state index contributed by atoms with van der Waals surface area (Å²) in [6.07, 6.45) is 2.40. The number of hydrogen-bond acceptors (Lipinski definition) is 7. The zero-order valence-electron chi connectivity index (χ0n) is 17.7. The van der Waals surface area contributed by atoms with Crippen molar-refractivity contribution in [2.75, 3.05) is 5.32 Å². The van der Waals surface area contributed by atoms with Gasteiger partial charge in [-0.15, -0.1) is 0 Å². The van der Waals surface area contributed by atoms with Crippen LogP contribution in [0, 0.1) is 0 Å². The number of nitrogens with zero attached hydrogens (tertiary/aromatic N) is 2. The third-order valence-electron chi connectivity index (χ3n) is 4.56. The number of ether oxygens (including phenoxy) is 1. The highest BCUT2D eigenvalue weighted by molar-refractivity contribution is 6.61. The van der Waals surface area contributed by atoms with E-state index in [1.807, 2.05) is 27.7 Å². The molecule has 0 bridgehead atoms. The highest BCUT2D eigenvalue weighted by Gasteiger charge is 2.51. The maximum atomic E-state index is 12.2. The first-order valence-corrected chi connectivity index (χ1v) is 9.18. The van der Waals surface area contributed by atoms with E-state index in [1.54, 1.807) is 20.8 Å². The van der Waals surface area contributed by atoms with E-state index in [0.717, 1.165) is 0 Å². The van der Waals surface area contributed by atoms with E-state index in [0.29, 0.717) is 5.46 Å². The van der Waals surface area contributed by atoms with Crippen LogP contribution in [0.2, 0.25) is 0 Å². The molecular weight excluding hydrogens is 363 g/mol. The Hall–Kier alpha value is -2.20. The Morgan fingerprint density at radius 1 is 1.11 bits per heavy atom. The number of anilines is 1. The maximum Gasteiger partial charge on any atom is 0.498 e. The SMILES string of the molecule is CC(NC(=O)OC(C)(C)C)C(=O)Nc1ncc(B2OC(C)(C)C(C)(C)O2)cn1. The largest absolute Gasteiger partial charge is 0.498 e. The van der Waals surface area contributed by atoms with E-state index in [1.165, 1.54) is 19.3 Å². The average Bonchev–Trinajstić information content (AvgIpc) is 2.74. The van der Waals surface area contributed by atoms with E-state index in [9.17, 15) is 9.59 Å². The lowest BCUT2D eigenvalue weighted by Crippen LogP contribution is -2.44. The van der Waals surface area contributed by atoms with E-state index >= 15 is 0 Å². The first kappa shape index (κ1) is 22.1. The van der Waals surface area contributed by atoms with Crippen molar-refractivity contribution < 1.29 is 23.6 Å². The van der Waals surface area contributed by atoms with Gasteiger partial charge in [0, 0.05) is 17.9 Å². The predicted octanol–water partition coefficient (Wildman–Crippen LogP) is 1.63. The normalized spacial score (nSPS) is 19.1. The number of carbonyl (C=O) groups is 2. The van der Waals surface area contributed by atoms with Crippen LogP contribution in [0.1, 0.15) is 55.4 Å². The number of alkyl carbamates (subject to hydrolysis) is 1. The van der Waals surface area contributed by atoms with Gasteiger partial charge >= 0.3 is 13.2 Å². The molecule has 0 aromatic carbocycles. The summed E-state index contributed by atoms with van der Waals surface area (Å²) < 4.78 is 17.0. The first-order chi connectivity index (χ1) is 12.7. The van der Waals surface area contributed by atoms with Crippen LogP contribution in [-0.2, 0) is 18.8 Å². The van der Waals surface area contributed by atoms with E-state index in [4.69, 9.17) is 14.0 Å². The Labute approximate surface area is 166 Å². The summed E-state index contributed by atoms with van der Waals surface area (Å²) in [5, 5.41) is 5.01. The van der Waals surface area contributed by atoms with Gasteiger partial charge in [0.2, 0.25) is 11.9 Å². The topological polar surface area (TPSA) is 112 Å². The van der Waals surface area contributed by atoms with Gasteiger partial charge in [-0.25, -0.2) is 14.8 Å². The van der Waals surface area contributed by atoms with Gasteiger partial charge in [-0.1, -0.05) is 0 Å². The summed E-state index contributed by atoms with van der Waals surface area (Å²) in [4.78, 5) is 32.2. The van der Waals surface area contributed by atoms with Crippen LogP contribution in [0.5, 0.6) is 0 Å². The zero-order valence-corrected chi connectivity index (χ0v) is 17.7. The number of carbonyl (C=O) groups excluding carboxylic acids is 2. The number of rotatable bonds is 4. The molecule has 2 rings (SSSR count). The molecule has 0 spiro atoms. The Bertz CT molecular complexity index is 714. The van der Waals surface area contributed by atoms with Crippen molar-refractivity contribution in [1.82, 2.24) is 15.3 Å². The molecule has 0 aliphatic carbocycles. The number of aromatic nitrogens is 2. The summed E-state index contributed by atoms with van der Waals surface area (Å²) >= 11 is 0. The molecule has 28 heavy (non-hydrogen) atoms. The Kier molecular flexibility index (Phi) is 6.05. The van der Waals surface area contributed by atoms with E-state index in [2.05, 4.69) is 20.6 Å². The molecule has 1 aliphatic rings. The van der Waals surface area contributed by atoms with Crippen LogP contribution >= 0.6 is 0 Å². The smallest absolute Gasteiger partial charge is 0.444 e. The molecule has 1 saturated heterocycles. The first-order valence-electron chi connectivity index (χ1n) is 9.18. The predicted molar refractivity (Wildman–Crippen MR) is 105 cm³/mol. The van der Waals surface area contributed by atoms with Crippen molar-refractivity contribution >= 4 is 30.5 Å². The molecule has 9 nitrogen and oxygen atoms in total. The molecule has 2 amide bonds. The van der Waals surface area contributed by atoms with Crippen molar-refractivity contribution in [3.8, 4) is 0 Å². The quantitative estimate of drug-likeness (QED) is 0.749. The molecule has 10 heteroatoms. The molecular formula is C18H29BN4O5. The summed E-state index contributed by atoms with van der Waals surface area (Å²) in [5.74, 6) is -0.350. The Morgan fingerprint density at radius 3 is 2.07 bits per heavy atom. The molecule has 1 aromatic rings. The van der Waals surface area contributed by atoms with Gasteiger partial charge < -0.3 is 19.4 Å². The lowest BCUT2D eigenvalue weighted by Gasteiger charge is -2.32. The molecule has 2 N–H and O–H groups in total. The van der Waals surface area contributed by atoms with Crippen LogP contribution in [0.25, 0.3) is 0 Å². The van der Waals surface area contributed by atoms with Gasteiger partial charge in [-0.05, 0) is 55.4 Å². The molecule has 1 atom stereocenters. The highest BCUT2D eigenvalue weighted by atomic mass is 16.7. The second-order valence-corrected chi connectivity index (χ2v) is 8.79. The van der Waals surface area contributed by atoms with Crippen molar-refractivity contribution in [1.29, 1.82) is 0 Å². The number of nitrogens with one attached hydrogen (secondary N) is 2. The summed E-state index contributed by atoms with van der Waals surface area (Å²) in [7, 11) is -0.581. The van der Waals surface area contributed by atoms with Gasteiger partial charge in [-0.2, -0.15) is 0 Å².